The molecule has 126 valence electrons. The van der Waals surface area contributed by atoms with Crippen LogP contribution in [0.3, 0.4) is 0 Å². The minimum atomic E-state index is 0.633. The van der Waals surface area contributed by atoms with Crippen LogP contribution in [0, 0.1) is 17.8 Å². The molecule has 1 aliphatic heterocycles. The van der Waals surface area contributed by atoms with Crippen molar-refractivity contribution in [1.82, 2.24) is 10.2 Å². The Hall–Kier alpha value is -0.120. The largest absolute Gasteiger partial charge is 0.380 e. The van der Waals surface area contributed by atoms with E-state index in [1.165, 1.54) is 19.4 Å². The van der Waals surface area contributed by atoms with Gasteiger partial charge in [-0.3, -0.25) is 4.90 Å². The Morgan fingerprint density at radius 2 is 1.67 bits per heavy atom. The quantitative estimate of drug-likeness (QED) is 0.660. The molecule has 1 saturated heterocycles. The summed E-state index contributed by atoms with van der Waals surface area (Å²) in [6.45, 7) is 18.9. The fraction of sp³-hybridized carbons (Fsp3) is 1.00. The zero-order chi connectivity index (χ0) is 15.8. The summed E-state index contributed by atoms with van der Waals surface area (Å²) in [5.74, 6) is 2.16. The molecule has 0 aliphatic carbocycles. The van der Waals surface area contributed by atoms with Gasteiger partial charge in [-0.1, -0.05) is 41.5 Å². The third-order valence-corrected chi connectivity index (χ3v) is 4.09. The van der Waals surface area contributed by atoms with E-state index in [0.29, 0.717) is 18.0 Å². The van der Waals surface area contributed by atoms with Crippen molar-refractivity contribution in [2.75, 3.05) is 32.8 Å². The van der Waals surface area contributed by atoms with Gasteiger partial charge in [0.25, 0.3) is 0 Å². The Bertz CT molecular complexity index is 266. The van der Waals surface area contributed by atoms with Gasteiger partial charge < -0.3 is 10.1 Å². The van der Waals surface area contributed by atoms with Crippen molar-refractivity contribution < 1.29 is 4.74 Å². The van der Waals surface area contributed by atoms with Crippen LogP contribution < -0.4 is 5.32 Å². The van der Waals surface area contributed by atoms with E-state index in [-0.39, 0.29) is 0 Å². The van der Waals surface area contributed by atoms with E-state index >= 15 is 0 Å². The number of nitrogens with one attached hydrogen (secondary N) is 1. The normalized spacial score (nSPS) is 24.4. The van der Waals surface area contributed by atoms with E-state index in [1.807, 2.05) is 0 Å². The third-order valence-electron chi connectivity index (χ3n) is 4.09. The molecular weight excluding hydrogens is 260 g/mol. The first-order valence-electron chi connectivity index (χ1n) is 8.93. The summed E-state index contributed by atoms with van der Waals surface area (Å²) in [7, 11) is 0. The van der Waals surface area contributed by atoms with E-state index in [0.717, 1.165) is 38.1 Å². The highest BCUT2D eigenvalue weighted by atomic mass is 16.5. The molecule has 2 unspecified atom stereocenters. The summed E-state index contributed by atoms with van der Waals surface area (Å²) in [4.78, 5) is 2.67. The second-order valence-corrected chi connectivity index (χ2v) is 7.98. The Morgan fingerprint density at radius 1 is 1.00 bits per heavy atom. The van der Waals surface area contributed by atoms with Crippen LogP contribution in [0.2, 0.25) is 0 Å². The summed E-state index contributed by atoms with van der Waals surface area (Å²) in [6.07, 6.45) is 2.56. The lowest BCUT2D eigenvalue weighted by Crippen LogP contribution is -2.57. The first kappa shape index (κ1) is 18.9. The monoisotopic (exact) mass is 298 g/mol. The van der Waals surface area contributed by atoms with Gasteiger partial charge in [0.05, 0.1) is 6.61 Å². The van der Waals surface area contributed by atoms with Gasteiger partial charge in [0.15, 0.2) is 0 Å². The number of piperazine rings is 1. The average Bonchev–Trinajstić information content (AvgIpc) is 2.36. The van der Waals surface area contributed by atoms with Gasteiger partial charge >= 0.3 is 0 Å². The van der Waals surface area contributed by atoms with Gasteiger partial charge in [0.1, 0.15) is 0 Å². The fourth-order valence-electron chi connectivity index (χ4n) is 3.21. The molecule has 1 aliphatic rings. The van der Waals surface area contributed by atoms with Gasteiger partial charge in [-0.2, -0.15) is 0 Å². The van der Waals surface area contributed by atoms with Crippen molar-refractivity contribution in [3.8, 4) is 0 Å². The van der Waals surface area contributed by atoms with E-state index in [1.54, 1.807) is 0 Å². The highest BCUT2D eigenvalue weighted by Gasteiger charge is 2.28. The van der Waals surface area contributed by atoms with Crippen LogP contribution in [-0.2, 0) is 4.74 Å². The predicted octanol–water partition coefficient (Wildman–Crippen LogP) is 3.39. The average molecular weight is 299 g/mol. The van der Waals surface area contributed by atoms with E-state index in [4.69, 9.17) is 4.74 Å². The zero-order valence-electron chi connectivity index (χ0n) is 15.2. The Labute approximate surface area is 132 Å². The van der Waals surface area contributed by atoms with Gasteiger partial charge in [-0.05, 0) is 30.6 Å². The molecule has 0 radical (unpaired) electrons. The summed E-state index contributed by atoms with van der Waals surface area (Å²) in [6, 6.07) is 1.33. The van der Waals surface area contributed by atoms with Crippen molar-refractivity contribution in [3.63, 3.8) is 0 Å². The first-order valence-corrected chi connectivity index (χ1v) is 8.93. The number of ether oxygens (including phenoxy) is 1. The predicted molar refractivity (Wildman–Crippen MR) is 91.7 cm³/mol. The Kier molecular flexibility index (Phi) is 8.84. The third kappa shape index (κ3) is 8.18. The van der Waals surface area contributed by atoms with Crippen molar-refractivity contribution in [3.05, 3.63) is 0 Å². The lowest BCUT2D eigenvalue weighted by atomic mass is 9.96. The number of hydrogen-bond acceptors (Lipinski definition) is 3. The molecule has 1 fully saturated rings. The molecule has 0 amide bonds. The lowest BCUT2D eigenvalue weighted by Gasteiger charge is -2.41. The first-order chi connectivity index (χ1) is 9.88. The minimum Gasteiger partial charge on any atom is -0.380 e. The highest BCUT2D eigenvalue weighted by molar-refractivity contribution is 4.87. The minimum absolute atomic E-state index is 0.633. The molecular formula is C18H38N2O. The van der Waals surface area contributed by atoms with Crippen LogP contribution in [0.15, 0.2) is 0 Å². The molecule has 0 bridgehead atoms. The van der Waals surface area contributed by atoms with Crippen LogP contribution in [0.4, 0.5) is 0 Å². The topological polar surface area (TPSA) is 24.5 Å². The molecule has 3 nitrogen and oxygen atoms in total. The molecule has 0 aromatic rings. The van der Waals surface area contributed by atoms with Crippen molar-refractivity contribution in [2.45, 2.75) is 66.5 Å². The number of rotatable bonds is 9. The van der Waals surface area contributed by atoms with Crippen LogP contribution in [0.5, 0.6) is 0 Å². The second kappa shape index (κ2) is 9.81. The number of hydrogen-bond donors (Lipinski definition) is 1. The SMILES string of the molecule is CC(C)COCCN1CC(CC(C)C)NCC1CC(C)C. The van der Waals surface area contributed by atoms with Crippen molar-refractivity contribution in [2.24, 2.45) is 17.8 Å². The molecule has 2 atom stereocenters. The Morgan fingerprint density at radius 3 is 2.24 bits per heavy atom. The van der Waals surface area contributed by atoms with Gasteiger partial charge in [0.2, 0.25) is 0 Å². The summed E-state index contributed by atoms with van der Waals surface area (Å²) in [5, 5.41) is 3.76. The van der Waals surface area contributed by atoms with Crippen molar-refractivity contribution >= 4 is 0 Å². The van der Waals surface area contributed by atoms with Crippen LogP contribution in [0.25, 0.3) is 0 Å². The molecule has 0 aromatic heterocycles. The maximum absolute atomic E-state index is 5.81. The summed E-state index contributed by atoms with van der Waals surface area (Å²) in [5.41, 5.74) is 0. The van der Waals surface area contributed by atoms with E-state index < -0.39 is 0 Å². The molecule has 0 aromatic carbocycles. The van der Waals surface area contributed by atoms with Crippen LogP contribution in [-0.4, -0.2) is 49.8 Å². The van der Waals surface area contributed by atoms with Crippen LogP contribution >= 0.6 is 0 Å². The Balaban J connectivity index is 2.44. The van der Waals surface area contributed by atoms with Gasteiger partial charge in [-0.15, -0.1) is 0 Å². The lowest BCUT2D eigenvalue weighted by molar-refractivity contribution is 0.0472. The smallest absolute Gasteiger partial charge is 0.0593 e. The fourth-order valence-corrected chi connectivity index (χ4v) is 3.21. The highest BCUT2D eigenvalue weighted by Crippen LogP contribution is 2.18. The molecule has 3 heteroatoms. The molecule has 1 N–H and O–H groups in total. The molecule has 0 spiro atoms. The van der Waals surface area contributed by atoms with Crippen molar-refractivity contribution in [1.29, 1.82) is 0 Å². The summed E-state index contributed by atoms with van der Waals surface area (Å²) < 4.78 is 5.81. The van der Waals surface area contributed by atoms with Crippen LogP contribution in [0.1, 0.15) is 54.4 Å². The van der Waals surface area contributed by atoms with Gasteiger partial charge in [0, 0.05) is 38.3 Å². The number of nitrogens with zero attached hydrogens (tertiary/aromatic N) is 1. The molecule has 0 saturated carbocycles. The maximum atomic E-state index is 5.81. The molecule has 1 rings (SSSR count). The second-order valence-electron chi connectivity index (χ2n) is 7.98. The molecule has 21 heavy (non-hydrogen) atoms. The molecule has 1 heterocycles. The zero-order valence-corrected chi connectivity index (χ0v) is 15.2. The maximum Gasteiger partial charge on any atom is 0.0593 e. The standard InChI is InChI=1S/C18H38N2O/c1-14(2)9-17-12-20(7-8-21-13-16(5)6)18(11-19-17)10-15(3)4/h14-19H,7-13H2,1-6H3. The van der Waals surface area contributed by atoms with E-state index in [9.17, 15) is 0 Å². The van der Waals surface area contributed by atoms with Gasteiger partial charge in [-0.25, -0.2) is 0 Å². The summed E-state index contributed by atoms with van der Waals surface area (Å²) >= 11 is 0. The van der Waals surface area contributed by atoms with E-state index in [2.05, 4.69) is 51.8 Å².